The third kappa shape index (κ3) is 4.68. The van der Waals surface area contributed by atoms with E-state index in [0.29, 0.717) is 13.2 Å². The first-order valence-corrected chi connectivity index (χ1v) is 11.8. The fourth-order valence-corrected chi connectivity index (χ4v) is 4.68. The molecule has 2 aromatic carbocycles. The fourth-order valence-electron chi connectivity index (χ4n) is 4.56. The van der Waals surface area contributed by atoms with Crippen LogP contribution < -0.4 is 9.47 Å². The summed E-state index contributed by atoms with van der Waals surface area (Å²) in [6.07, 6.45) is 5.18. The first-order valence-electron chi connectivity index (χ1n) is 11.3. The van der Waals surface area contributed by atoms with Crippen LogP contribution in [-0.2, 0) is 4.79 Å². The normalized spacial score (nSPS) is 21.3. The van der Waals surface area contributed by atoms with Gasteiger partial charge >= 0.3 is 0 Å². The maximum atomic E-state index is 12.7. The van der Waals surface area contributed by atoms with Crippen LogP contribution in [0.4, 0.5) is 0 Å². The summed E-state index contributed by atoms with van der Waals surface area (Å²) in [6.45, 7) is 5.21. The van der Waals surface area contributed by atoms with Crippen molar-refractivity contribution in [2.75, 3.05) is 19.1 Å². The van der Waals surface area contributed by atoms with Crippen LogP contribution in [0.3, 0.4) is 0 Å². The number of benzene rings is 2. The molecule has 1 heterocycles. The molecule has 0 N–H and O–H groups in total. The largest absolute Gasteiger partial charge is 0.494 e. The van der Waals surface area contributed by atoms with E-state index in [-0.39, 0.29) is 23.7 Å². The molecule has 2 aliphatic rings. The van der Waals surface area contributed by atoms with E-state index in [4.69, 9.17) is 26.2 Å². The zero-order valence-electron chi connectivity index (χ0n) is 18.6. The van der Waals surface area contributed by atoms with Gasteiger partial charge in [0.25, 0.3) is 5.91 Å². The number of allylic oxidation sites excluding steroid dienone is 1. The summed E-state index contributed by atoms with van der Waals surface area (Å²) in [4.78, 5) is 12.7. The number of ether oxygens (including phenoxy) is 2. The maximum Gasteiger partial charge on any atom is 0.258 e. The Morgan fingerprint density at radius 2 is 1.69 bits per heavy atom. The van der Waals surface area contributed by atoms with Crippen LogP contribution in [0.25, 0.3) is 6.08 Å². The van der Waals surface area contributed by atoms with Crippen LogP contribution in [0.5, 0.6) is 11.5 Å². The van der Waals surface area contributed by atoms with E-state index in [0.717, 1.165) is 47.6 Å². The molecule has 1 fully saturated rings. The molecule has 6 heteroatoms. The molecule has 1 aliphatic carbocycles. The van der Waals surface area contributed by atoms with Crippen molar-refractivity contribution in [1.29, 1.82) is 0 Å². The Balaban J connectivity index is 1.65. The molecule has 0 radical (unpaired) electrons. The molecular formula is C26H29ClN2O3. The van der Waals surface area contributed by atoms with Crippen LogP contribution in [0.2, 0.25) is 0 Å². The van der Waals surface area contributed by atoms with Gasteiger partial charge < -0.3 is 9.47 Å². The lowest BCUT2D eigenvalue weighted by atomic mass is 9.77. The molecule has 0 saturated heterocycles. The van der Waals surface area contributed by atoms with Gasteiger partial charge in [-0.2, -0.15) is 5.10 Å². The van der Waals surface area contributed by atoms with Gasteiger partial charge in [0.2, 0.25) is 0 Å². The topological polar surface area (TPSA) is 51.1 Å². The number of carbonyl (C=O) groups excluding carboxylic acids is 1. The van der Waals surface area contributed by atoms with Crippen molar-refractivity contribution < 1.29 is 14.3 Å². The Morgan fingerprint density at radius 1 is 1.06 bits per heavy atom. The van der Waals surface area contributed by atoms with Crippen molar-refractivity contribution in [3.05, 3.63) is 65.2 Å². The average Bonchev–Trinajstić information content (AvgIpc) is 3.21. The highest BCUT2D eigenvalue weighted by molar-refractivity contribution is 6.27. The summed E-state index contributed by atoms with van der Waals surface area (Å²) in [7, 11) is 0. The molecule has 1 amide bonds. The van der Waals surface area contributed by atoms with E-state index in [2.05, 4.69) is 18.2 Å². The second kappa shape index (κ2) is 10.2. The highest BCUT2D eigenvalue weighted by Crippen LogP contribution is 2.44. The lowest BCUT2D eigenvalue weighted by Gasteiger charge is -2.29. The van der Waals surface area contributed by atoms with Gasteiger partial charge in [0, 0.05) is 5.92 Å². The lowest BCUT2D eigenvalue weighted by molar-refractivity contribution is -0.130. The number of alkyl halides is 1. The van der Waals surface area contributed by atoms with Gasteiger partial charge in [-0.15, -0.1) is 11.6 Å². The monoisotopic (exact) mass is 452 g/mol. The second-order valence-corrected chi connectivity index (χ2v) is 8.24. The van der Waals surface area contributed by atoms with Gasteiger partial charge in [0.05, 0.1) is 25.0 Å². The molecule has 1 aliphatic heterocycles. The molecular weight excluding hydrogens is 424 g/mol. The van der Waals surface area contributed by atoms with Crippen LogP contribution in [0, 0.1) is 5.92 Å². The first-order chi connectivity index (χ1) is 15.6. The number of fused-ring (bicyclic) bond motifs is 1. The van der Waals surface area contributed by atoms with E-state index in [1.165, 1.54) is 5.57 Å². The predicted molar refractivity (Wildman–Crippen MR) is 128 cm³/mol. The third-order valence-corrected chi connectivity index (χ3v) is 6.16. The molecule has 4 rings (SSSR count). The van der Waals surface area contributed by atoms with Crippen molar-refractivity contribution in [3.63, 3.8) is 0 Å². The smallest absolute Gasteiger partial charge is 0.258 e. The minimum atomic E-state index is -0.173. The van der Waals surface area contributed by atoms with Crippen molar-refractivity contribution in [2.45, 2.75) is 39.2 Å². The Labute approximate surface area is 194 Å². The second-order valence-electron chi connectivity index (χ2n) is 7.97. The molecule has 0 bridgehead atoms. The van der Waals surface area contributed by atoms with E-state index in [9.17, 15) is 4.79 Å². The number of hydrazone groups is 1. The van der Waals surface area contributed by atoms with Crippen molar-refractivity contribution >= 4 is 29.3 Å². The number of hydrogen-bond donors (Lipinski definition) is 0. The standard InChI is InChI=1S/C26H29ClN2O3/c1-3-31-21-12-8-18(9-13-21)16-20-6-5-7-23-25(20)28-29(24(30)17-27)26(23)19-10-14-22(15-11-19)32-4-2/h8-16,23,26H,3-7,17H2,1-2H3/b20-16-/t23-,26+/m1/s1. The number of halogens is 1. The summed E-state index contributed by atoms with van der Waals surface area (Å²) >= 11 is 5.95. The number of amides is 1. The molecule has 0 spiro atoms. The molecule has 5 nitrogen and oxygen atoms in total. The predicted octanol–water partition coefficient (Wildman–Crippen LogP) is 5.85. The number of rotatable bonds is 7. The Hall–Kier alpha value is -2.79. The molecule has 0 unspecified atom stereocenters. The van der Waals surface area contributed by atoms with E-state index in [1.54, 1.807) is 5.01 Å². The van der Waals surface area contributed by atoms with Gasteiger partial charge in [0.15, 0.2) is 0 Å². The highest BCUT2D eigenvalue weighted by atomic mass is 35.5. The Bertz CT molecular complexity index is 999. The zero-order valence-corrected chi connectivity index (χ0v) is 19.3. The Kier molecular flexibility index (Phi) is 7.15. The summed E-state index contributed by atoms with van der Waals surface area (Å²) in [5.41, 5.74) is 4.35. The van der Waals surface area contributed by atoms with Crippen LogP contribution >= 0.6 is 11.6 Å². The Morgan fingerprint density at radius 3 is 2.28 bits per heavy atom. The van der Waals surface area contributed by atoms with Crippen molar-refractivity contribution in [3.8, 4) is 11.5 Å². The van der Waals surface area contributed by atoms with Crippen LogP contribution in [0.15, 0.2) is 59.2 Å². The third-order valence-electron chi connectivity index (χ3n) is 5.94. The molecule has 1 saturated carbocycles. The SMILES string of the molecule is CCOc1ccc(/C=C2/CCC[C@@H]3C2=NN(C(=O)CCl)[C@H]3c2ccc(OCC)cc2)cc1. The quantitative estimate of drug-likeness (QED) is 0.495. The average molecular weight is 453 g/mol. The van der Waals surface area contributed by atoms with Gasteiger partial charge in [-0.25, -0.2) is 5.01 Å². The highest BCUT2D eigenvalue weighted by Gasteiger charge is 2.43. The number of carbonyl (C=O) groups is 1. The van der Waals surface area contributed by atoms with E-state index in [1.807, 2.05) is 50.2 Å². The van der Waals surface area contributed by atoms with Crippen LogP contribution in [0.1, 0.15) is 50.3 Å². The molecule has 32 heavy (non-hydrogen) atoms. The maximum absolute atomic E-state index is 12.7. The van der Waals surface area contributed by atoms with Gasteiger partial charge in [0.1, 0.15) is 17.4 Å². The summed E-state index contributed by atoms with van der Waals surface area (Å²) in [5.74, 6) is 1.58. The van der Waals surface area contributed by atoms with Gasteiger partial charge in [-0.1, -0.05) is 24.3 Å². The molecule has 2 atom stereocenters. The molecule has 168 valence electrons. The minimum absolute atomic E-state index is 0.0883. The van der Waals surface area contributed by atoms with Crippen LogP contribution in [-0.4, -0.2) is 35.7 Å². The van der Waals surface area contributed by atoms with Crippen molar-refractivity contribution in [2.24, 2.45) is 11.0 Å². The minimum Gasteiger partial charge on any atom is -0.494 e. The zero-order chi connectivity index (χ0) is 22.5. The van der Waals surface area contributed by atoms with Crippen molar-refractivity contribution in [1.82, 2.24) is 5.01 Å². The summed E-state index contributed by atoms with van der Waals surface area (Å²) < 4.78 is 11.1. The fraction of sp³-hybridized carbons (Fsp3) is 0.385. The number of nitrogens with zero attached hydrogens (tertiary/aromatic N) is 2. The first kappa shape index (κ1) is 22.4. The lowest BCUT2D eigenvalue weighted by Crippen LogP contribution is -2.32. The molecule has 2 aromatic rings. The van der Waals surface area contributed by atoms with E-state index >= 15 is 0 Å². The summed E-state index contributed by atoms with van der Waals surface area (Å²) in [5, 5.41) is 6.41. The molecule has 0 aromatic heterocycles. The van der Waals surface area contributed by atoms with E-state index < -0.39 is 0 Å². The number of hydrogen-bond acceptors (Lipinski definition) is 4. The van der Waals surface area contributed by atoms with Gasteiger partial charge in [-0.05, 0) is 80.2 Å². The summed E-state index contributed by atoms with van der Waals surface area (Å²) in [6, 6.07) is 15.9. The van der Waals surface area contributed by atoms with Gasteiger partial charge in [-0.3, -0.25) is 4.79 Å².